The Morgan fingerprint density at radius 1 is 1.39 bits per heavy atom. The molecule has 0 aliphatic heterocycles. The summed E-state index contributed by atoms with van der Waals surface area (Å²) in [5.41, 5.74) is 0.918. The van der Waals surface area contributed by atoms with Gasteiger partial charge >= 0.3 is 0 Å². The van der Waals surface area contributed by atoms with E-state index in [4.69, 9.17) is 4.74 Å². The van der Waals surface area contributed by atoms with E-state index in [-0.39, 0.29) is 18.8 Å². The van der Waals surface area contributed by atoms with E-state index in [0.717, 1.165) is 6.26 Å². The lowest BCUT2D eigenvalue weighted by atomic mass is 9.86. The molecule has 1 saturated carbocycles. The van der Waals surface area contributed by atoms with Crippen LogP contribution in [0, 0.1) is 5.92 Å². The monoisotopic (exact) mass is 346 g/mol. The van der Waals surface area contributed by atoms with Gasteiger partial charge in [0.25, 0.3) is 0 Å². The highest BCUT2D eigenvalue weighted by molar-refractivity contribution is 7.92. The van der Waals surface area contributed by atoms with E-state index in [0.29, 0.717) is 30.0 Å². The van der Waals surface area contributed by atoms with E-state index in [1.165, 1.54) is 13.3 Å². The second kappa shape index (κ2) is 6.82. The lowest BCUT2D eigenvalue weighted by Gasteiger charge is -2.26. The van der Waals surface area contributed by atoms with E-state index in [9.17, 15) is 17.2 Å². The number of allylic oxidation sites excluding steroid dienone is 1. The Balaban J connectivity index is 2.14. The minimum absolute atomic E-state index is 0.0749. The number of nitrogens with zero attached hydrogens (tertiary/aromatic N) is 1. The second-order valence-corrected chi connectivity index (χ2v) is 7.50. The van der Waals surface area contributed by atoms with Gasteiger partial charge in [-0.2, -0.15) is 0 Å². The van der Waals surface area contributed by atoms with Gasteiger partial charge in [-0.3, -0.25) is 4.72 Å². The van der Waals surface area contributed by atoms with Crippen LogP contribution in [0.5, 0.6) is 5.88 Å². The molecule has 8 heteroatoms. The molecular formula is C15H20F2N2O3S. The van der Waals surface area contributed by atoms with Crippen LogP contribution in [-0.4, -0.2) is 32.7 Å². The fourth-order valence-electron chi connectivity index (χ4n) is 2.52. The first kappa shape index (κ1) is 17.7. The van der Waals surface area contributed by atoms with Crippen LogP contribution in [0.3, 0.4) is 0 Å². The topological polar surface area (TPSA) is 68.3 Å². The maximum Gasteiger partial charge on any atom is 0.248 e. The number of sulfonamides is 1. The minimum atomic E-state index is -3.40. The number of ether oxygens (including phenoxy) is 1. The molecule has 0 spiro atoms. The molecule has 0 bridgehead atoms. The molecule has 23 heavy (non-hydrogen) atoms. The Kier molecular flexibility index (Phi) is 5.23. The second-order valence-electron chi connectivity index (χ2n) is 5.75. The molecule has 1 N–H and O–H groups in total. The summed E-state index contributed by atoms with van der Waals surface area (Å²) in [6, 6.07) is 1.60. The van der Waals surface area contributed by atoms with Crippen molar-refractivity contribution in [3.63, 3.8) is 0 Å². The van der Waals surface area contributed by atoms with Crippen LogP contribution in [0.4, 0.5) is 14.5 Å². The van der Waals surface area contributed by atoms with E-state index in [2.05, 4.69) is 9.71 Å². The number of methoxy groups -OCH3 is 1. The number of nitrogens with one attached hydrogen (secondary N) is 1. The highest BCUT2D eigenvalue weighted by Gasteiger charge is 2.33. The Bertz CT molecular complexity index is 680. The quantitative estimate of drug-likeness (QED) is 0.888. The van der Waals surface area contributed by atoms with Gasteiger partial charge in [0, 0.05) is 18.4 Å². The molecule has 0 saturated heterocycles. The Labute approximate surface area is 134 Å². The van der Waals surface area contributed by atoms with Crippen molar-refractivity contribution in [2.24, 2.45) is 5.92 Å². The molecule has 0 atom stereocenters. The Hall–Kier alpha value is -1.70. The van der Waals surface area contributed by atoms with Gasteiger partial charge in [-0.05, 0) is 24.8 Å². The smallest absolute Gasteiger partial charge is 0.248 e. The highest BCUT2D eigenvalue weighted by atomic mass is 32.2. The van der Waals surface area contributed by atoms with Crippen LogP contribution < -0.4 is 9.46 Å². The van der Waals surface area contributed by atoms with Crippen molar-refractivity contribution in [2.75, 3.05) is 18.1 Å². The number of alkyl halides is 2. The molecule has 2 rings (SSSR count). The lowest BCUT2D eigenvalue weighted by Crippen LogP contribution is -2.23. The van der Waals surface area contributed by atoms with E-state index in [1.807, 2.05) is 6.08 Å². The molecule has 1 heterocycles. The zero-order valence-electron chi connectivity index (χ0n) is 13.1. The highest BCUT2D eigenvalue weighted by Crippen LogP contribution is 2.37. The third-order valence-electron chi connectivity index (χ3n) is 3.69. The Morgan fingerprint density at radius 3 is 2.61 bits per heavy atom. The summed E-state index contributed by atoms with van der Waals surface area (Å²) in [6.45, 7) is 0. The first-order valence-corrected chi connectivity index (χ1v) is 9.15. The lowest BCUT2D eigenvalue weighted by molar-refractivity contribution is -0.0410. The normalized spacial score (nSPS) is 19.0. The molecule has 1 aliphatic carbocycles. The summed E-state index contributed by atoms with van der Waals surface area (Å²) in [4.78, 5) is 4.05. The number of hydrogen-bond acceptors (Lipinski definition) is 4. The minimum Gasteiger partial charge on any atom is -0.481 e. The fourth-order valence-corrected chi connectivity index (χ4v) is 3.06. The van der Waals surface area contributed by atoms with E-state index < -0.39 is 15.9 Å². The van der Waals surface area contributed by atoms with Crippen LogP contribution in [0.1, 0.15) is 31.2 Å². The molecule has 0 unspecified atom stereocenters. The molecule has 0 aromatic carbocycles. The number of aromatic nitrogens is 1. The molecular weight excluding hydrogens is 326 g/mol. The van der Waals surface area contributed by atoms with Crippen molar-refractivity contribution < 1.29 is 21.9 Å². The maximum atomic E-state index is 13.2. The van der Waals surface area contributed by atoms with Gasteiger partial charge in [-0.1, -0.05) is 12.2 Å². The zero-order chi connectivity index (χ0) is 17.1. The molecule has 1 aromatic heterocycles. The van der Waals surface area contributed by atoms with E-state index >= 15 is 0 Å². The molecule has 0 radical (unpaired) electrons. The molecule has 128 valence electrons. The fraction of sp³-hybridized carbons (Fsp3) is 0.533. The van der Waals surface area contributed by atoms with Gasteiger partial charge in [0.2, 0.25) is 21.8 Å². The van der Waals surface area contributed by atoms with Gasteiger partial charge in [-0.15, -0.1) is 0 Å². The first-order valence-electron chi connectivity index (χ1n) is 7.26. The number of anilines is 1. The summed E-state index contributed by atoms with van der Waals surface area (Å²) >= 11 is 0. The average molecular weight is 346 g/mol. The predicted octanol–water partition coefficient (Wildman–Crippen LogP) is 3.30. The Morgan fingerprint density at radius 2 is 2.04 bits per heavy atom. The zero-order valence-corrected chi connectivity index (χ0v) is 13.9. The molecule has 1 fully saturated rings. The summed E-state index contributed by atoms with van der Waals surface area (Å²) in [6.07, 6.45) is 6.67. The van der Waals surface area contributed by atoms with Crippen LogP contribution in [0.2, 0.25) is 0 Å². The third-order valence-corrected chi connectivity index (χ3v) is 4.29. The van der Waals surface area contributed by atoms with Crippen molar-refractivity contribution in [3.05, 3.63) is 23.9 Å². The number of hydrogen-bond donors (Lipinski definition) is 1. The number of pyridine rings is 1. The summed E-state index contributed by atoms with van der Waals surface area (Å²) < 4.78 is 56.3. The van der Waals surface area contributed by atoms with Crippen molar-refractivity contribution in [1.29, 1.82) is 0 Å². The SMILES string of the molecule is COc1ncc(NS(C)(=O)=O)cc1/C=C/C1CCC(F)(F)CC1. The summed E-state index contributed by atoms with van der Waals surface area (Å²) in [5, 5.41) is 0. The predicted molar refractivity (Wildman–Crippen MR) is 85.2 cm³/mol. The van der Waals surface area contributed by atoms with Gasteiger partial charge < -0.3 is 4.74 Å². The van der Waals surface area contributed by atoms with Crippen molar-refractivity contribution in [1.82, 2.24) is 4.98 Å². The molecule has 5 nitrogen and oxygen atoms in total. The summed E-state index contributed by atoms with van der Waals surface area (Å²) in [7, 11) is -1.94. The van der Waals surface area contributed by atoms with Crippen LogP contribution in [-0.2, 0) is 10.0 Å². The number of rotatable bonds is 5. The van der Waals surface area contributed by atoms with Gasteiger partial charge in [-0.25, -0.2) is 22.2 Å². The van der Waals surface area contributed by atoms with Gasteiger partial charge in [0.05, 0.1) is 25.2 Å². The van der Waals surface area contributed by atoms with Crippen LogP contribution >= 0.6 is 0 Å². The third kappa shape index (κ3) is 5.46. The van der Waals surface area contributed by atoms with E-state index in [1.54, 1.807) is 12.1 Å². The van der Waals surface area contributed by atoms with Crippen molar-refractivity contribution >= 4 is 21.8 Å². The first-order chi connectivity index (χ1) is 10.7. The van der Waals surface area contributed by atoms with Crippen LogP contribution in [0.25, 0.3) is 6.08 Å². The maximum absolute atomic E-state index is 13.2. The van der Waals surface area contributed by atoms with Crippen LogP contribution in [0.15, 0.2) is 18.3 Å². The van der Waals surface area contributed by atoms with Crippen molar-refractivity contribution in [2.45, 2.75) is 31.6 Å². The van der Waals surface area contributed by atoms with Crippen molar-refractivity contribution in [3.8, 4) is 5.88 Å². The largest absolute Gasteiger partial charge is 0.481 e. The van der Waals surface area contributed by atoms with Gasteiger partial charge in [0.1, 0.15) is 0 Å². The summed E-state index contributed by atoms with van der Waals surface area (Å²) in [5.74, 6) is -2.13. The average Bonchev–Trinajstić information content (AvgIpc) is 2.44. The molecule has 1 aromatic rings. The molecule has 1 aliphatic rings. The number of halogens is 2. The van der Waals surface area contributed by atoms with Gasteiger partial charge in [0.15, 0.2) is 0 Å². The standard InChI is InChI=1S/C15H20F2N2O3S/c1-22-14-12(9-13(10-18-14)19-23(2,20)21)4-3-11-5-7-15(16,17)8-6-11/h3-4,9-11,19H,5-8H2,1-2H3/b4-3+. The molecule has 0 amide bonds.